The maximum Gasteiger partial charge on any atom is 0.401 e. The first-order chi connectivity index (χ1) is 16.6. The zero-order valence-corrected chi connectivity index (χ0v) is 22.0. The third-order valence-electron chi connectivity index (χ3n) is 5.01. The Morgan fingerprint density at radius 3 is 2.28 bits per heavy atom. The number of sulfone groups is 1. The molecule has 2 aromatic carbocycles. The van der Waals surface area contributed by atoms with Crippen LogP contribution in [0.1, 0.15) is 46.0 Å². The van der Waals surface area contributed by atoms with Crippen LogP contribution >= 0.6 is 27.5 Å². The Balaban J connectivity index is 2.31. The van der Waals surface area contributed by atoms with E-state index in [1.807, 2.05) is 0 Å². The largest absolute Gasteiger partial charge is 0.401 e. The third kappa shape index (κ3) is 7.62. The molecule has 2 N–H and O–H groups in total. The molecule has 2 atom stereocenters. The van der Waals surface area contributed by atoms with Crippen LogP contribution in [-0.2, 0) is 9.84 Å². The fourth-order valence-electron chi connectivity index (χ4n) is 3.27. The molecule has 0 saturated carbocycles. The predicted octanol–water partition coefficient (Wildman–Crippen LogP) is 5.82. The number of alkyl halides is 5. The summed E-state index contributed by atoms with van der Waals surface area (Å²) in [6.45, 7) is 2.95. The molecule has 6 nitrogen and oxygen atoms in total. The van der Waals surface area contributed by atoms with Gasteiger partial charge in [-0.05, 0) is 52.7 Å². The van der Waals surface area contributed by atoms with E-state index in [9.17, 15) is 40.0 Å². The SMILES string of the molecule is CCS(=O)(=O)C[C@H](C)NC(=O)c1c(Br)cccc1C(=O)Nc1ccc(C(C(F)F)C(F)(F)F)cc1Cl. The molecule has 2 aromatic rings. The molecular weight excluding hydrogens is 599 g/mol. The summed E-state index contributed by atoms with van der Waals surface area (Å²) in [7, 11) is -3.39. The molecule has 0 aliphatic rings. The van der Waals surface area contributed by atoms with E-state index in [-0.39, 0.29) is 32.8 Å². The minimum Gasteiger partial charge on any atom is -0.349 e. The molecule has 0 fully saturated rings. The van der Waals surface area contributed by atoms with Gasteiger partial charge in [0, 0.05) is 16.3 Å². The average Bonchev–Trinajstić information content (AvgIpc) is 2.73. The smallest absolute Gasteiger partial charge is 0.349 e. The maximum atomic E-state index is 13.0. The molecule has 0 heterocycles. The second-order valence-corrected chi connectivity index (χ2v) is 11.4. The van der Waals surface area contributed by atoms with E-state index < -0.39 is 56.8 Å². The van der Waals surface area contributed by atoms with E-state index in [1.165, 1.54) is 32.0 Å². The lowest BCUT2D eigenvalue weighted by molar-refractivity contribution is -0.178. The van der Waals surface area contributed by atoms with Crippen LogP contribution in [0, 0.1) is 0 Å². The number of amides is 2. The normalized spacial score (nSPS) is 13.8. The first-order valence-corrected chi connectivity index (χ1v) is 13.3. The summed E-state index contributed by atoms with van der Waals surface area (Å²) in [5, 5.41) is 4.44. The Morgan fingerprint density at radius 2 is 1.75 bits per heavy atom. The van der Waals surface area contributed by atoms with Crippen molar-refractivity contribution in [2.24, 2.45) is 0 Å². The minimum absolute atomic E-state index is 0.115. The zero-order chi connectivity index (χ0) is 27.4. The summed E-state index contributed by atoms with van der Waals surface area (Å²) in [5.41, 5.74) is -1.24. The number of benzene rings is 2. The molecule has 0 spiro atoms. The van der Waals surface area contributed by atoms with Gasteiger partial charge in [-0.1, -0.05) is 30.7 Å². The van der Waals surface area contributed by atoms with E-state index in [2.05, 4.69) is 26.6 Å². The van der Waals surface area contributed by atoms with Crippen LogP contribution in [0.5, 0.6) is 0 Å². The van der Waals surface area contributed by atoms with Gasteiger partial charge in [-0.25, -0.2) is 17.2 Å². The summed E-state index contributed by atoms with van der Waals surface area (Å²) in [6, 6.07) is 5.85. The van der Waals surface area contributed by atoms with Crippen LogP contribution in [-0.4, -0.2) is 50.4 Å². The number of rotatable bonds is 9. The molecule has 0 aromatic heterocycles. The molecule has 1 unspecified atom stereocenters. The molecule has 0 aliphatic heterocycles. The summed E-state index contributed by atoms with van der Waals surface area (Å²) in [6.07, 6.45) is -8.94. The average molecular weight is 620 g/mol. The quantitative estimate of drug-likeness (QED) is 0.346. The van der Waals surface area contributed by atoms with Crippen molar-refractivity contribution in [3.05, 3.63) is 62.6 Å². The van der Waals surface area contributed by atoms with Crippen LogP contribution in [0.4, 0.5) is 27.6 Å². The highest BCUT2D eigenvalue weighted by atomic mass is 79.9. The van der Waals surface area contributed by atoms with Crippen molar-refractivity contribution in [2.75, 3.05) is 16.8 Å². The molecular formula is C22H21BrClF5N2O4S. The van der Waals surface area contributed by atoms with Crippen molar-refractivity contribution in [1.82, 2.24) is 5.32 Å². The molecule has 0 bridgehead atoms. The summed E-state index contributed by atoms with van der Waals surface area (Å²) in [4.78, 5) is 25.8. The molecule has 2 rings (SSSR count). The van der Waals surface area contributed by atoms with E-state index in [1.54, 1.807) is 0 Å². The van der Waals surface area contributed by atoms with E-state index in [4.69, 9.17) is 11.6 Å². The molecule has 0 aliphatic carbocycles. The topological polar surface area (TPSA) is 92.3 Å². The van der Waals surface area contributed by atoms with Gasteiger partial charge in [-0.15, -0.1) is 0 Å². The Morgan fingerprint density at radius 1 is 1.11 bits per heavy atom. The van der Waals surface area contributed by atoms with Gasteiger partial charge in [-0.2, -0.15) is 13.2 Å². The number of carbonyl (C=O) groups is 2. The zero-order valence-electron chi connectivity index (χ0n) is 18.8. The lowest BCUT2D eigenvalue weighted by Gasteiger charge is -2.20. The molecule has 2 amide bonds. The van der Waals surface area contributed by atoms with Crippen LogP contribution in [0.2, 0.25) is 5.02 Å². The first-order valence-electron chi connectivity index (χ1n) is 10.3. The molecule has 0 radical (unpaired) electrons. The highest BCUT2D eigenvalue weighted by molar-refractivity contribution is 9.10. The van der Waals surface area contributed by atoms with Gasteiger partial charge in [-0.3, -0.25) is 9.59 Å². The van der Waals surface area contributed by atoms with Crippen molar-refractivity contribution in [3.63, 3.8) is 0 Å². The lowest BCUT2D eigenvalue weighted by atomic mass is 9.98. The van der Waals surface area contributed by atoms with E-state index >= 15 is 0 Å². The number of nitrogens with one attached hydrogen (secondary N) is 2. The van der Waals surface area contributed by atoms with Gasteiger partial charge in [0.25, 0.3) is 18.2 Å². The Labute approximate surface area is 217 Å². The molecule has 198 valence electrons. The fraction of sp³-hybridized carbons (Fsp3) is 0.364. The molecule has 14 heteroatoms. The molecule has 36 heavy (non-hydrogen) atoms. The van der Waals surface area contributed by atoms with Gasteiger partial charge < -0.3 is 10.6 Å². The van der Waals surface area contributed by atoms with E-state index in [0.29, 0.717) is 6.07 Å². The van der Waals surface area contributed by atoms with Crippen molar-refractivity contribution in [2.45, 2.75) is 38.4 Å². The third-order valence-corrected chi connectivity index (χ3v) is 7.87. The summed E-state index contributed by atoms with van der Waals surface area (Å²) >= 11 is 9.14. The maximum absolute atomic E-state index is 13.0. The highest BCUT2D eigenvalue weighted by Crippen LogP contribution is 2.41. The van der Waals surface area contributed by atoms with Crippen LogP contribution in [0.3, 0.4) is 0 Å². The van der Waals surface area contributed by atoms with Gasteiger partial charge in [0.05, 0.1) is 27.6 Å². The van der Waals surface area contributed by atoms with Crippen molar-refractivity contribution < 1.29 is 40.0 Å². The Bertz CT molecular complexity index is 1240. The fourth-order valence-corrected chi connectivity index (χ4v) is 5.14. The van der Waals surface area contributed by atoms with E-state index in [0.717, 1.165) is 12.1 Å². The minimum atomic E-state index is -5.21. The number of halogens is 7. The summed E-state index contributed by atoms with van der Waals surface area (Å²) < 4.78 is 88.9. The van der Waals surface area contributed by atoms with Gasteiger partial charge in [0.1, 0.15) is 5.92 Å². The Kier molecular flexibility index (Phi) is 9.88. The number of hydrogen-bond acceptors (Lipinski definition) is 4. The van der Waals surface area contributed by atoms with Gasteiger partial charge in [0.15, 0.2) is 9.84 Å². The first kappa shape index (κ1) is 30.0. The van der Waals surface area contributed by atoms with Crippen LogP contribution in [0.25, 0.3) is 0 Å². The number of carbonyl (C=O) groups excluding carboxylic acids is 2. The monoisotopic (exact) mass is 618 g/mol. The second-order valence-electron chi connectivity index (χ2n) is 7.78. The van der Waals surface area contributed by atoms with Crippen molar-refractivity contribution in [1.29, 1.82) is 0 Å². The molecule has 0 saturated heterocycles. The highest BCUT2D eigenvalue weighted by Gasteiger charge is 2.47. The van der Waals surface area contributed by atoms with Crippen molar-refractivity contribution >= 4 is 54.9 Å². The second kappa shape index (κ2) is 11.9. The standard InChI is InChI=1S/C22H21BrClF5N2O4S/c1-3-36(34,35)10-11(2)30-21(33)17-13(5-4-6-14(17)23)20(32)31-16-8-7-12(9-15(16)24)18(19(25)26)22(27,28)29/h4-9,11,18-19H,3,10H2,1-2H3,(H,30,33)(H,31,32)/t11-,18?/m0/s1. The summed E-state index contributed by atoms with van der Waals surface area (Å²) in [5.74, 6) is -5.11. The number of anilines is 1. The number of hydrogen-bond donors (Lipinski definition) is 2. The Hall–Kier alpha value is -2.25. The van der Waals surface area contributed by atoms with Crippen LogP contribution in [0.15, 0.2) is 40.9 Å². The van der Waals surface area contributed by atoms with Crippen LogP contribution < -0.4 is 10.6 Å². The predicted molar refractivity (Wildman–Crippen MR) is 130 cm³/mol. The van der Waals surface area contributed by atoms with Gasteiger partial charge >= 0.3 is 6.18 Å². The van der Waals surface area contributed by atoms with Crippen molar-refractivity contribution in [3.8, 4) is 0 Å². The van der Waals surface area contributed by atoms with Gasteiger partial charge in [0.2, 0.25) is 0 Å². The lowest BCUT2D eigenvalue weighted by Crippen LogP contribution is -2.39.